The van der Waals surface area contributed by atoms with Gasteiger partial charge in [0.15, 0.2) is 0 Å². The molecular weight excluding hydrogens is 349 g/mol. The zero-order valence-electron chi connectivity index (χ0n) is 16.2. The van der Waals surface area contributed by atoms with Crippen molar-refractivity contribution in [3.8, 4) is 0 Å². The van der Waals surface area contributed by atoms with Gasteiger partial charge in [-0.3, -0.25) is 14.4 Å². The molecule has 2 rings (SSSR count). The lowest BCUT2D eigenvalue weighted by atomic mass is 9.91. The van der Waals surface area contributed by atoms with Crippen LogP contribution in [0.15, 0.2) is 24.3 Å². The van der Waals surface area contributed by atoms with Crippen molar-refractivity contribution < 1.29 is 18.8 Å². The van der Waals surface area contributed by atoms with Crippen molar-refractivity contribution in [1.29, 1.82) is 0 Å². The number of carbonyl (C=O) groups excluding carboxylic acids is 3. The first-order valence-electron chi connectivity index (χ1n) is 9.30. The molecule has 0 aromatic heterocycles. The quantitative estimate of drug-likeness (QED) is 0.770. The molecule has 1 aromatic rings. The third kappa shape index (κ3) is 5.77. The maximum Gasteiger partial charge on any atom is 0.254 e. The average Bonchev–Trinajstić information content (AvgIpc) is 2.64. The summed E-state index contributed by atoms with van der Waals surface area (Å²) in [6, 6.07) is 5.74. The molecule has 1 heterocycles. The van der Waals surface area contributed by atoms with Gasteiger partial charge in [0.25, 0.3) is 5.91 Å². The van der Waals surface area contributed by atoms with E-state index in [1.165, 1.54) is 18.2 Å². The van der Waals surface area contributed by atoms with Crippen molar-refractivity contribution in [2.24, 2.45) is 11.3 Å². The molecule has 1 fully saturated rings. The minimum Gasteiger partial charge on any atom is -0.354 e. The van der Waals surface area contributed by atoms with Crippen LogP contribution in [-0.2, 0) is 9.59 Å². The summed E-state index contributed by atoms with van der Waals surface area (Å²) < 4.78 is 13.5. The Balaban J connectivity index is 1.76. The Hall–Kier alpha value is -2.44. The highest BCUT2D eigenvalue weighted by Gasteiger charge is 2.33. The predicted octanol–water partition coefficient (Wildman–Crippen LogP) is 1.96. The van der Waals surface area contributed by atoms with E-state index >= 15 is 0 Å². The number of rotatable bonds is 5. The molecule has 1 saturated heterocycles. The van der Waals surface area contributed by atoms with Crippen LogP contribution in [0.25, 0.3) is 0 Å². The largest absolute Gasteiger partial charge is 0.354 e. The lowest BCUT2D eigenvalue weighted by molar-refractivity contribution is -0.142. The molecule has 0 radical (unpaired) electrons. The molecule has 0 spiro atoms. The zero-order valence-corrected chi connectivity index (χ0v) is 16.2. The zero-order chi connectivity index (χ0) is 20.0. The molecule has 0 aliphatic carbocycles. The van der Waals surface area contributed by atoms with Crippen molar-refractivity contribution in [1.82, 2.24) is 15.5 Å². The normalized spacial score (nSPS) is 17.3. The van der Waals surface area contributed by atoms with Gasteiger partial charge >= 0.3 is 0 Å². The van der Waals surface area contributed by atoms with Crippen LogP contribution in [0, 0.1) is 17.2 Å². The first-order chi connectivity index (χ1) is 12.7. The molecule has 148 valence electrons. The molecule has 2 N–H and O–H groups in total. The number of piperidine rings is 1. The fourth-order valence-electron chi connectivity index (χ4n) is 3.10. The maximum absolute atomic E-state index is 13.5. The van der Waals surface area contributed by atoms with Crippen molar-refractivity contribution in [3.05, 3.63) is 35.6 Å². The standard InChI is InChI=1S/C20H28FN3O3/c1-20(2,3)19(27)24-12-6-7-14(13-24)17(25)22-10-11-23-18(26)15-8-4-5-9-16(15)21/h4-5,8-9,14H,6-7,10-13H2,1-3H3,(H,22,25)(H,23,26). The second-order valence-electron chi connectivity index (χ2n) is 7.87. The fourth-order valence-corrected chi connectivity index (χ4v) is 3.10. The van der Waals surface area contributed by atoms with Gasteiger partial charge in [-0.25, -0.2) is 4.39 Å². The summed E-state index contributed by atoms with van der Waals surface area (Å²) in [5.74, 6) is -1.40. The Morgan fingerprint density at radius 1 is 1.15 bits per heavy atom. The Kier molecular flexibility index (Phi) is 6.93. The number of nitrogens with one attached hydrogen (secondary N) is 2. The summed E-state index contributed by atoms with van der Waals surface area (Å²) >= 11 is 0. The van der Waals surface area contributed by atoms with E-state index in [9.17, 15) is 18.8 Å². The molecule has 7 heteroatoms. The van der Waals surface area contributed by atoms with Gasteiger partial charge in [0, 0.05) is 31.6 Å². The first kappa shape index (κ1) is 20.9. The number of carbonyl (C=O) groups is 3. The van der Waals surface area contributed by atoms with Gasteiger partial charge in [0.2, 0.25) is 11.8 Å². The van der Waals surface area contributed by atoms with Gasteiger partial charge in [-0.1, -0.05) is 32.9 Å². The highest BCUT2D eigenvalue weighted by molar-refractivity contribution is 5.94. The van der Waals surface area contributed by atoms with Crippen LogP contribution in [0.1, 0.15) is 44.0 Å². The van der Waals surface area contributed by atoms with Crippen LogP contribution in [0.4, 0.5) is 4.39 Å². The second-order valence-corrected chi connectivity index (χ2v) is 7.87. The van der Waals surface area contributed by atoms with E-state index in [2.05, 4.69) is 10.6 Å². The lowest BCUT2D eigenvalue weighted by Gasteiger charge is -2.35. The topological polar surface area (TPSA) is 78.5 Å². The Labute approximate surface area is 159 Å². The molecule has 0 bridgehead atoms. The summed E-state index contributed by atoms with van der Waals surface area (Å²) in [6.45, 7) is 7.17. The predicted molar refractivity (Wildman–Crippen MR) is 101 cm³/mol. The molecule has 1 aromatic carbocycles. The third-order valence-corrected chi connectivity index (χ3v) is 4.55. The molecule has 3 amide bonds. The number of halogens is 1. The third-order valence-electron chi connectivity index (χ3n) is 4.55. The van der Waals surface area contributed by atoms with E-state index in [-0.39, 0.29) is 36.4 Å². The second kappa shape index (κ2) is 8.97. The maximum atomic E-state index is 13.5. The van der Waals surface area contributed by atoms with E-state index in [0.717, 1.165) is 12.8 Å². The molecule has 0 saturated carbocycles. The van der Waals surface area contributed by atoms with Gasteiger partial charge in [-0.05, 0) is 25.0 Å². The SMILES string of the molecule is CC(C)(C)C(=O)N1CCCC(C(=O)NCCNC(=O)c2ccccc2F)C1. The number of hydrogen-bond acceptors (Lipinski definition) is 3. The van der Waals surface area contributed by atoms with Gasteiger partial charge in [-0.15, -0.1) is 0 Å². The monoisotopic (exact) mass is 377 g/mol. The minimum absolute atomic E-state index is 0.0209. The minimum atomic E-state index is -0.579. The lowest BCUT2D eigenvalue weighted by Crippen LogP contribution is -2.49. The molecule has 1 aliphatic heterocycles. The molecule has 1 atom stereocenters. The highest BCUT2D eigenvalue weighted by atomic mass is 19.1. The van der Waals surface area contributed by atoms with Crippen molar-refractivity contribution in [2.75, 3.05) is 26.2 Å². The van der Waals surface area contributed by atoms with Gasteiger partial charge in [0.1, 0.15) is 5.82 Å². The fraction of sp³-hybridized carbons (Fsp3) is 0.550. The van der Waals surface area contributed by atoms with E-state index < -0.39 is 17.1 Å². The molecular formula is C20H28FN3O3. The van der Waals surface area contributed by atoms with E-state index in [1.807, 2.05) is 20.8 Å². The van der Waals surface area contributed by atoms with Crippen LogP contribution >= 0.6 is 0 Å². The Morgan fingerprint density at radius 2 is 1.81 bits per heavy atom. The molecule has 27 heavy (non-hydrogen) atoms. The summed E-state index contributed by atoms with van der Waals surface area (Å²) in [4.78, 5) is 38.4. The average molecular weight is 377 g/mol. The highest BCUT2D eigenvalue weighted by Crippen LogP contribution is 2.23. The number of hydrogen-bond donors (Lipinski definition) is 2. The van der Waals surface area contributed by atoms with Gasteiger partial charge in [0.05, 0.1) is 11.5 Å². The summed E-state index contributed by atoms with van der Waals surface area (Å²) in [6.07, 6.45) is 1.53. The number of benzene rings is 1. The summed E-state index contributed by atoms with van der Waals surface area (Å²) in [5, 5.41) is 5.37. The van der Waals surface area contributed by atoms with Crippen LogP contribution in [-0.4, -0.2) is 48.8 Å². The van der Waals surface area contributed by atoms with Crippen molar-refractivity contribution in [2.45, 2.75) is 33.6 Å². The van der Waals surface area contributed by atoms with Crippen LogP contribution in [0.2, 0.25) is 0 Å². The number of amides is 3. The van der Waals surface area contributed by atoms with Crippen molar-refractivity contribution in [3.63, 3.8) is 0 Å². The van der Waals surface area contributed by atoms with Crippen LogP contribution in [0.3, 0.4) is 0 Å². The smallest absolute Gasteiger partial charge is 0.254 e. The van der Waals surface area contributed by atoms with Crippen molar-refractivity contribution >= 4 is 17.7 Å². The van der Waals surface area contributed by atoms with Gasteiger partial charge in [-0.2, -0.15) is 0 Å². The van der Waals surface area contributed by atoms with E-state index in [0.29, 0.717) is 13.1 Å². The van der Waals surface area contributed by atoms with Crippen LogP contribution < -0.4 is 10.6 Å². The number of nitrogens with zero attached hydrogens (tertiary/aromatic N) is 1. The summed E-state index contributed by atoms with van der Waals surface area (Å²) in [5.41, 5.74) is -0.484. The Bertz CT molecular complexity index is 700. The molecule has 1 unspecified atom stereocenters. The Morgan fingerprint density at radius 3 is 2.48 bits per heavy atom. The van der Waals surface area contributed by atoms with Crippen LogP contribution in [0.5, 0.6) is 0 Å². The molecule has 6 nitrogen and oxygen atoms in total. The van der Waals surface area contributed by atoms with E-state index in [1.54, 1.807) is 11.0 Å². The van der Waals surface area contributed by atoms with Gasteiger partial charge < -0.3 is 15.5 Å². The van der Waals surface area contributed by atoms with E-state index in [4.69, 9.17) is 0 Å². The molecule has 1 aliphatic rings. The number of likely N-dealkylation sites (tertiary alicyclic amines) is 1. The first-order valence-corrected chi connectivity index (χ1v) is 9.30. The summed E-state index contributed by atoms with van der Waals surface area (Å²) in [7, 11) is 0.